The summed E-state index contributed by atoms with van der Waals surface area (Å²) in [5.74, 6) is 0.898. The highest BCUT2D eigenvalue weighted by atomic mass is 79.9. The minimum absolute atomic E-state index is 0.748. The number of aromatic amines is 2. The van der Waals surface area contributed by atoms with Crippen LogP contribution in [0.25, 0.3) is 68.6 Å². The molecule has 0 amide bonds. The number of aromatic nitrogens is 4. The summed E-state index contributed by atoms with van der Waals surface area (Å²) in [6, 6.07) is 27.3. The van der Waals surface area contributed by atoms with Gasteiger partial charge in [0.1, 0.15) is 5.75 Å². The van der Waals surface area contributed by atoms with E-state index in [9.17, 15) is 0 Å². The van der Waals surface area contributed by atoms with Crippen LogP contribution in [0.4, 0.5) is 0 Å². The minimum atomic E-state index is 0.748. The quantitative estimate of drug-likeness (QED) is 0.0845. The largest absolute Gasteiger partial charge is 0.494 e. The summed E-state index contributed by atoms with van der Waals surface area (Å²) in [6.45, 7) is 3.04. The van der Waals surface area contributed by atoms with Gasteiger partial charge < -0.3 is 14.7 Å². The topological polar surface area (TPSA) is 66.6 Å². The first-order valence-corrected chi connectivity index (χ1v) is 21.9. The molecule has 5 heterocycles. The fourth-order valence-electron chi connectivity index (χ4n) is 7.55. The first-order chi connectivity index (χ1) is 27.1. The maximum atomic E-state index is 6.20. The average Bonchev–Trinajstić information content (AvgIpc) is 4.06. The Bertz CT molecular complexity index is 2270. The first kappa shape index (κ1) is 39.1. The molecule has 0 spiro atoms. The van der Waals surface area contributed by atoms with Gasteiger partial charge in [-0.3, -0.25) is 0 Å². The van der Waals surface area contributed by atoms with Crippen molar-refractivity contribution in [1.29, 1.82) is 0 Å². The second kappa shape index (κ2) is 19.6. The Labute approximate surface area is 343 Å². The lowest BCUT2D eigenvalue weighted by molar-refractivity contribution is 0.304. The zero-order chi connectivity index (χ0) is 37.8. The predicted octanol–water partition coefficient (Wildman–Crippen LogP) is 15.4. The highest BCUT2D eigenvalue weighted by molar-refractivity contribution is 9.11. The van der Waals surface area contributed by atoms with Crippen LogP contribution in [0.1, 0.15) is 120 Å². The third-order valence-corrected chi connectivity index (χ3v) is 12.3. The molecule has 284 valence electrons. The molecular weight excluding hydrogens is 808 g/mol. The molecule has 2 N–H and O–H groups in total. The molecule has 5 aromatic rings. The predicted molar refractivity (Wildman–Crippen MR) is 241 cm³/mol. The van der Waals surface area contributed by atoms with Crippen molar-refractivity contribution in [3.05, 3.63) is 111 Å². The minimum Gasteiger partial charge on any atom is -0.494 e. The van der Waals surface area contributed by atoms with Crippen molar-refractivity contribution in [3.63, 3.8) is 0 Å². The van der Waals surface area contributed by atoms with E-state index >= 15 is 0 Å². The van der Waals surface area contributed by atoms with Gasteiger partial charge in [0.15, 0.2) is 0 Å². The number of halogens is 2. The van der Waals surface area contributed by atoms with Gasteiger partial charge in [0, 0.05) is 22.2 Å². The molecular formula is C48H52Br2N4O. The number of benzene rings is 2. The van der Waals surface area contributed by atoms with Gasteiger partial charge in [-0.15, -0.1) is 0 Å². The fourth-order valence-corrected chi connectivity index (χ4v) is 8.46. The molecule has 5 nitrogen and oxygen atoms in total. The number of ether oxygens (including phenoxy) is 1. The van der Waals surface area contributed by atoms with Crippen LogP contribution in [-0.4, -0.2) is 26.5 Å². The smallest absolute Gasteiger partial charge is 0.119 e. The van der Waals surface area contributed by atoms with Crippen molar-refractivity contribution < 1.29 is 4.74 Å². The number of nitrogens with one attached hydrogen (secondary N) is 2. The third-order valence-electron chi connectivity index (χ3n) is 10.6. The number of hydrogen-bond acceptors (Lipinski definition) is 3. The summed E-state index contributed by atoms with van der Waals surface area (Å²) in [4.78, 5) is 17.6. The Kier molecular flexibility index (Phi) is 13.9. The zero-order valence-electron chi connectivity index (χ0n) is 32.0. The summed E-state index contributed by atoms with van der Waals surface area (Å²) < 4.78 is 8.00. The van der Waals surface area contributed by atoms with Crippen molar-refractivity contribution in [2.45, 2.75) is 96.8 Å². The summed E-state index contributed by atoms with van der Waals surface area (Å²) in [7, 11) is 0. The SMILES string of the molecule is CCCCCCCCCCCCCCCCOc1ccc(-c2c3nc(c(Br)c4ccc([nH]4)c(-c4ccccc4)c4nc(c(Br)c5ccc2[nH]5)C=C4)C=C3)cc1. The van der Waals surface area contributed by atoms with Gasteiger partial charge in [-0.05, 0) is 110 Å². The summed E-state index contributed by atoms with van der Waals surface area (Å²) in [5, 5.41) is 0. The normalized spacial score (nSPS) is 12.1. The van der Waals surface area contributed by atoms with Crippen LogP contribution in [0.15, 0.2) is 87.8 Å². The Hall–Kier alpha value is -4.20. The van der Waals surface area contributed by atoms with E-state index in [1.54, 1.807) is 0 Å². The Morgan fingerprint density at radius 1 is 0.455 bits per heavy atom. The van der Waals surface area contributed by atoms with Crippen LogP contribution in [0, 0.1) is 0 Å². The number of nitrogens with zero attached hydrogens (tertiary/aromatic N) is 2. The van der Waals surface area contributed by atoms with E-state index in [2.05, 4.69) is 146 Å². The summed E-state index contributed by atoms with van der Waals surface area (Å²) in [6.07, 6.45) is 27.3. The lowest BCUT2D eigenvalue weighted by Crippen LogP contribution is -1.97. The van der Waals surface area contributed by atoms with E-state index in [0.29, 0.717) is 0 Å². The molecule has 0 unspecified atom stereocenters. The van der Waals surface area contributed by atoms with Crippen molar-refractivity contribution in [2.75, 3.05) is 6.61 Å². The van der Waals surface area contributed by atoms with E-state index < -0.39 is 0 Å². The molecule has 7 heteroatoms. The Balaban J connectivity index is 1.07. The van der Waals surface area contributed by atoms with Gasteiger partial charge in [0.25, 0.3) is 0 Å². The number of H-pyrrole nitrogens is 2. The highest BCUT2D eigenvalue weighted by Crippen LogP contribution is 2.36. The average molecular weight is 861 g/mol. The molecule has 2 aliphatic heterocycles. The summed E-state index contributed by atoms with van der Waals surface area (Å²) in [5.41, 5.74) is 11.6. The Morgan fingerprint density at radius 2 is 0.873 bits per heavy atom. The molecule has 2 aliphatic rings. The third kappa shape index (κ3) is 9.98. The van der Waals surface area contributed by atoms with Gasteiger partial charge in [-0.2, -0.15) is 0 Å². The van der Waals surface area contributed by atoms with E-state index in [1.807, 2.05) is 6.07 Å². The molecule has 0 saturated carbocycles. The van der Waals surface area contributed by atoms with E-state index in [-0.39, 0.29) is 0 Å². The van der Waals surface area contributed by atoms with E-state index in [4.69, 9.17) is 14.7 Å². The van der Waals surface area contributed by atoms with Crippen molar-refractivity contribution in [2.24, 2.45) is 0 Å². The number of unbranched alkanes of at least 4 members (excludes halogenated alkanes) is 13. The monoisotopic (exact) mass is 858 g/mol. The summed E-state index contributed by atoms with van der Waals surface area (Å²) >= 11 is 7.78. The van der Waals surface area contributed by atoms with Gasteiger partial charge in [-0.25, -0.2) is 9.97 Å². The fraction of sp³-hybridized carbons (Fsp3) is 0.333. The first-order valence-electron chi connectivity index (χ1n) is 20.3. The van der Waals surface area contributed by atoms with Crippen molar-refractivity contribution >= 4 is 78.2 Å². The Morgan fingerprint density at radius 3 is 1.36 bits per heavy atom. The van der Waals surface area contributed by atoms with Crippen molar-refractivity contribution in [1.82, 2.24) is 19.9 Å². The maximum absolute atomic E-state index is 6.20. The molecule has 0 aliphatic carbocycles. The van der Waals surface area contributed by atoms with Crippen LogP contribution < -0.4 is 4.74 Å². The number of rotatable bonds is 18. The standard InChI is InChI=1S/C48H52Br2N4O/c1-2-3-4-5-6-7-8-9-10-11-12-13-14-18-33-55-36-23-21-35(22-24-36)46-39-27-31-43(53-39)47(49)41-29-25-37(51-41)45(34-19-16-15-17-20-34)38-26-30-42(52-38)48(50)44-32-28-40(46)54-44/h15-17,19-32,51,54H,2-14,18,33H2,1H3. The molecule has 2 aromatic carbocycles. The molecule has 3 aromatic heterocycles. The van der Waals surface area contributed by atoms with E-state index in [0.717, 1.165) is 94.8 Å². The maximum Gasteiger partial charge on any atom is 0.119 e. The second-order valence-corrected chi connectivity index (χ2v) is 16.3. The molecule has 0 atom stereocenters. The molecule has 0 fully saturated rings. The number of hydrogen-bond donors (Lipinski definition) is 2. The highest BCUT2D eigenvalue weighted by Gasteiger charge is 2.16. The van der Waals surface area contributed by atoms with Crippen LogP contribution >= 0.6 is 31.9 Å². The van der Waals surface area contributed by atoms with Gasteiger partial charge in [-0.1, -0.05) is 133 Å². The number of fused-ring (bicyclic) bond motifs is 8. The van der Waals surface area contributed by atoms with Crippen LogP contribution in [0.5, 0.6) is 5.75 Å². The van der Waals surface area contributed by atoms with Gasteiger partial charge in [0.2, 0.25) is 0 Å². The van der Waals surface area contributed by atoms with Crippen LogP contribution in [0.2, 0.25) is 0 Å². The lowest BCUT2D eigenvalue weighted by Gasteiger charge is -2.09. The molecule has 0 radical (unpaired) electrons. The molecule has 55 heavy (non-hydrogen) atoms. The molecule has 0 saturated heterocycles. The molecule has 7 rings (SSSR count). The van der Waals surface area contributed by atoms with Crippen LogP contribution in [0.3, 0.4) is 0 Å². The van der Waals surface area contributed by atoms with Gasteiger partial charge in [0.05, 0.1) is 49.4 Å². The lowest BCUT2D eigenvalue weighted by atomic mass is 10.0. The molecule has 8 bridgehead atoms. The van der Waals surface area contributed by atoms with Gasteiger partial charge >= 0.3 is 0 Å². The second-order valence-electron chi connectivity index (χ2n) is 14.7. The van der Waals surface area contributed by atoms with Crippen LogP contribution in [-0.2, 0) is 0 Å². The zero-order valence-corrected chi connectivity index (χ0v) is 35.2. The van der Waals surface area contributed by atoms with Crippen molar-refractivity contribution in [3.8, 4) is 28.0 Å². The van der Waals surface area contributed by atoms with E-state index in [1.165, 1.54) is 83.5 Å².